The van der Waals surface area contributed by atoms with Gasteiger partial charge in [-0.2, -0.15) is 0 Å². The van der Waals surface area contributed by atoms with E-state index in [0.29, 0.717) is 25.2 Å². The normalized spacial score (nSPS) is 26.1. The van der Waals surface area contributed by atoms with Gasteiger partial charge in [0.15, 0.2) is 5.96 Å². The summed E-state index contributed by atoms with van der Waals surface area (Å²) in [5, 5.41) is 3.62. The van der Waals surface area contributed by atoms with Crippen LogP contribution in [0.4, 0.5) is 0 Å². The summed E-state index contributed by atoms with van der Waals surface area (Å²) in [5.74, 6) is 1.65. The topological polar surface area (TPSA) is 49.3 Å². The number of likely N-dealkylation sites (N-methyl/N-ethyl adjacent to an activating group) is 1. The first-order chi connectivity index (χ1) is 11.8. The average molecular weight is 341 g/mol. The summed E-state index contributed by atoms with van der Waals surface area (Å²) < 4.78 is 10.7. The lowest BCUT2D eigenvalue weighted by atomic mass is 10.0. The van der Waals surface area contributed by atoms with Crippen LogP contribution in [0.15, 0.2) is 4.99 Å². The summed E-state index contributed by atoms with van der Waals surface area (Å²) in [6.07, 6.45) is 5.17. The zero-order chi connectivity index (χ0) is 17.2. The van der Waals surface area contributed by atoms with Crippen molar-refractivity contribution in [2.45, 2.75) is 38.6 Å². The summed E-state index contributed by atoms with van der Waals surface area (Å²) >= 11 is 0. The second-order valence-corrected chi connectivity index (χ2v) is 6.87. The van der Waals surface area contributed by atoms with E-state index in [0.717, 1.165) is 38.7 Å². The van der Waals surface area contributed by atoms with E-state index in [2.05, 4.69) is 27.0 Å². The molecule has 0 saturated carbocycles. The molecule has 2 saturated heterocycles. The Bertz CT molecular complexity index is 378. The molecule has 6 heteroatoms. The lowest BCUT2D eigenvalue weighted by molar-refractivity contribution is 0.0536. The van der Waals surface area contributed by atoms with Gasteiger partial charge >= 0.3 is 0 Å². The van der Waals surface area contributed by atoms with Crippen molar-refractivity contribution in [3.8, 4) is 0 Å². The highest BCUT2D eigenvalue weighted by molar-refractivity contribution is 5.80. The highest BCUT2D eigenvalue weighted by Crippen LogP contribution is 2.18. The molecule has 0 aromatic carbocycles. The van der Waals surface area contributed by atoms with Gasteiger partial charge in [-0.1, -0.05) is 13.3 Å². The van der Waals surface area contributed by atoms with Gasteiger partial charge in [-0.25, -0.2) is 0 Å². The van der Waals surface area contributed by atoms with E-state index in [1.54, 1.807) is 7.11 Å². The van der Waals surface area contributed by atoms with E-state index < -0.39 is 0 Å². The Kier molecular flexibility index (Phi) is 8.84. The second-order valence-electron chi connectivity index (χ2n) is 6.87. The summed E-state index contributed by atoms with van der Waals surface area (Å²) in [6, 6.07) is 0.649. The van der Waals surface area contributed by atoms with Crippen LogP contribution in [-0.2, 0) is 9.47 Å². The molecule has 2 aliphatic rings. The SMILES string of the molecule is CCN1CCCCC1CNC(=NC)N1CCC(COCCOC)C1. The third-order valence-corrected chi connectivity index (χ3v) is 5.23. The van der Waals surface area contributed by atoms with Crippen molar-refractivity contribution >= 4 is 5.96 Å². The van der Waals surface area contributed by atoms with Gasteiger partial charge in [-0.15, -0.1) is 0 Å². The van der Waals surface area contributed by atoms with E-state index in [1.807, 2.05) is 7.05 Å². The molecule has 2 aliphatic heterocycles. The second kappa shape index (κ2) is 10.9. The van der Waals surface area contributed by atoms with Crippen molar-refractivity contribution in [3.63, 3.8) is 0 Å². The van der Waals surface area contributed by atoms with Gasteiger partial charge in [0.1, 0.15) is 0 Å². The number of piperidine rings is 1. The third kappa shape index (κ3) is 5.90. The van der Waals surface area contributed by atoms with Gasteiger partial charge < -0.3 is 19.7 Å². The van der Waals surface area contributed by atoms with Gasteiger partial charge in [-0.3, -0.25) is 9.89 Å². The van der Waals surface area contributed by atoms with Crippen molar-refractivity contribution in [1.29, 1.82) is 0 Å². The summed E-state index contributed by atoms with van der Waals surface area (Å²) in [7, 11) is 3.60. The van der Waals surface area contributed by atoms with Crippen LogP contribution in [0.25, 0.3) is 0 Å². The summed E-state index contributed by atoms with van der Waals surface area (Å²) in [5.41, 5.74) is 0. The molecular weight excluding hydrogens is 304 g/mol. The fraction of sp³-hybridized carbons (Fsp3) is 0.944. The highest BCUT2D eigenvalue weighted by atomic mass is 16.5. The molecule has 1 N–H and O–H groups in total. The van der Waals surface area contributed by atoms with Crippen LogP contribution < -0.4 is 5.32 Å². The number of methoxy groups -OCH3 is 1. The number of guanidine groups is 1. The number of likely N-dealkylation sites (tertiary alicyclic amines) is 2. The molecule has 2 unspecified atom stereocenters. The molecule has 0 spiro atoms. The minimum absolute atomic E-state index is 0.599. The van der Waals surface area contributed by atoms with E-state index in [1.165, 1.54) is 32.2 Å². The Morgan fingerprint density at radius 3 is 2.83 bits per heavy atom. The van der Waals surface area contributed by atoms with Crippen LogP contribution >= 0.6 is 0 Å². The van der Waals surface area contributed by atoms with Crippen LogP contribution in [0.1, 0.15) is 32.6 Å². The zero-order valence-electron chi connectivity index (χ0n) is 15.8. The first kappa shape index (κ1) is 19.5. The molecule has 0 aromatic rings. The molecule has 0 aromatic heterocycles. The molecule has 2 heterocycles. The predicted molar refractivity (Wildman–Crippen MR) is 98.6 cm³/mol. The molecule has 2 atom stereocenters. The van der Waals surface area contributed by atoms with Gasteiger partial charge in [0.05, 0.1) is 19.8 Å². The lowest BCUT2D eigenvalue weighted by Crippen LogP contribution is -2.49. The van der Waals surface area contributed by atoms with E-state index in [9.17, 15) is 0 Å². The molecule has 0 amide bonds. The minimum Gasteiger partial charge on any atom is -0.382 e. The van der Waals surface area contributed by atoms with Crippen molar-refractivity contribution < 1.29 is 9.47 Å². The van der Waals surface area contributed by atoms with Crippen molar-refractivity contribution in [3.05, 3.63) is 0 Å². The predicted octanol–water partition coefficient (Wildman–Crippen LogP) is 1.42. The fourth-order valence-corrected chi connectivity index (χ4v) is 3.80. The van der Waals surface area contributed by atoms with E-state index in [-0.39, 0.29) is 0 Å². The summed E-state index contributed by atoms with van der Waals surface area (Å²) in [6.45, 7) is 9.96. The minimum atomic E-state index is 0.599. The summed E-state index contributed by atoms with van der Waals surface area (Å²) in [4.78, 5) is 9.48. The van der Waals surface area contributed by atoms with Gasteiger partial charge in [0.2, 0.25) is 0 Å². The smallest absolute Gasteiger partial charge is 0.193 e. The largest absolute Gasteiger partial charge is 0.382 e. The number of nitrogens with zero attached hydrogens (tertiary/aromatic N) is 3. The van der Waals surface area contributed by atoms with E-state index >= 15 is 0 Å². The monoisotopic (exact) mass is 340 g/mol. The van der Waals surface area contributed by atoms with Crippen LogP contribution in [0.3, 0.4) is 0 Å². The molecule has 2 rings (SSSR count). The van der Waals surface area contributed by atoms with Crippen LogP contribution in [-0.4, -0.2) is 88.5 Å². The lowest BCUT2D eigenvalue weighted by Gasteiger charge is -2.35. The molecular formula is C18H36N4O2. The van der Waals surface area contributed by atoms with Crippen molar-refractivity contribution in [1.82, 2.24) is 15.1 Å². The molecule has 0 bridgehead atoms. The average Bonchev–Trinajstić information content (AvgIpc) is 3.08. The molecule has 0 radical (unpaired) electrons. The number of rotatable bonds is 8. The maximum atomic E-state index is 5.68. The maximum Gasteiger partial charge on any atom is 0.193 e. The standard InChI is InChI=1S/C18H36N4O2/c1-4-21-9-6-5-7-17(21)13-20-18(19-2)22-10-8-16(14-22)15-24-12-11-23-3/h16-17H,4-15H2,1-3H3,(H,19,20). The fourth-order valence-electron chi connectivity index (χ4n) is 3.80. The number of hydrogen-bond acceptors (Lipinski definition) is 4. The van der Waals surface area contributed by atoms with Crippen LogP contribution in [0, 0.1) is 5.92 Å². The Labute approximate surface area is 147 Å². The maximum absolute atomic E-state index is 5.68. The zero-order valence-corrected chi connectivity index (χ0v) is 15.8. The molecule has 24 heavy (non-hydrogen) atoms. The number of nitrogens with one attached hydrogen (secondary N) is 1. The van der Waals surface area contributed by atoms with Gasteiger partial charge in [0, 0.05) is 45.8 Å². The Hall–Kier alpha value is -0.850. The number of aliphatic imine (C=N–C) groups is 1. The van der Waals surface area contributed by atoms with E-state index in [4.69, 9.17) is 9.47 Å². The van der Waals surface area contributed by atoms with Gasteiger partial charge in [-0.05, 0) is 32.4 Å². The number of ether oxygens (including phenoxy) is 2. The Morgan fingerprint density at radius 2 is 2.08 bits per heavy atom. The van der Waals surface area contributed by atoms with Crippen LogP contribution in [0.2, 0.25) is 0 Å². The Balaban J connectivity index is 1.72. The number of hydrogen-bond donors (Lipinski definition) is 1. The molecule has 6 nitrogen and oxygen atoms in total. The first-order valence-corrected chi connectivity index (χ1v) is 9.54. The molecule has 2 fully saturated rings. The Morgan fingerprint density at radius 1 is 1.21 bits per heavy atom. The molecule has 140 valence electrons. The van der Waals surface area contributed by atoms with Crippen LogP contribution in [0.5, 0.6) is 0 Å². The molecule has 0 aliphatic carbocycles. The highest BCUT2D eigenvalue weighted by Gasteiger charge is 2.26. The third-order valence-electron chi connectivity index (χ3n) is 5.23. The van der Waals surface area contributed by atoms with Crippen molar-refractivity contribution in [2.24, 2.45) is 10.9 Å². The quantitative estimate of drug-likeness (QED) is 0.411. The van der Waals surface area contributed by atoms with Crippen molar-refractivity contribution in [2.75, 3.05) is 66.7 Å². The first-order valence-electron chi connectivity index (χ1n) is 9.54. The van der Waals surface area contributed by atoms with Gasteiger partial charge in [0.25, 0.3) is 0 Å².